The third-order valence-corrected chi connectivity index (χ3v) is 4.83. The van der Waals surface area contributed by atoms with E-state index in [-0.39, 0.29) is 23.3 Å². The molecule has 0 unspecified atom stereocenters. The number of piperazine rings is 1. The van der Waals surface area contributed by atoms with Gasteiger partial charge in [0.05, 0.1) is 7.11 Å². The van der Waals surface area contributed by atoms with Crippen LogP contribution in [0.1, 0.15) is 40.2 Å². The van der Waals surface area contributed by atoms with Gasteiger partial charge in [-0.3, -0.25) is 4.79 Å². The molecule has 0 saturated carbocycles. The van der Waals surface area contributed by atoms with Crippen LogP contribution in [0.2, 0.25) is 0 Å². The number of hydrogen-bond acceptors (Lipinski definition) is 5. The lowest BCUT2D eigenvalue weighted by atomic mass is 10.1. The first kappa shape index (κ1) is 18.2. The predicted octanol–water partition coefficient (Wildman–Crippen LogP) is 1.23. The highest BCUT2D eigenvalue weighted by Crippen LogP contribution is 2.14. The number of carbonyl (C=O) groups is 3. The average molecular weight is 360 g/mol. The summed E-state index contributed by atoms with van der Waals surface area (Å²) in [6.45, 7) is 3.59. The van der Waals surface area contributed by atoms with Crippen LogP contribution in [-0.2, 0) is 4.74 Å². The van der Waals surface area contributed by atoms with Crippen molar-refractivity contribution in [1.82, 2.24) is 19.7 Å². The number of carbonyl (C=O) groups excluding carboxylic acids is 3. The van der Waals surface area contributed by atoms with Crippen LogP contribution >= 0.6 is 0 Å². The molecule has 0 aromatic carbocycles. The summed E-state index contributed by atoms with van der Waals surface area (Å²) in [6.07, 6.45) is 3.31. The minimum absolute atomic E-state index is 0.0719. The van der Waals surface area contributed by atoms with E-state index in [0.29, 0.717) is 26.2 Å². The van der Waals surface area contributed by atoms with Gasteiger partial charge in [-0.05, 0) is 31.4 Å². The number of ether oxygens (including phenoxy) is 1. The Labute approximate surface area is 152 Å². The second-order valence-electron chi connectivity index (χ2n) is 6.51. The molecule has 0 radical (unpaired) electrons. The summed E-state index contributed by atoms with van der Waals surface area (Å²) in [7, 11) is 1.27. The topological polar surface area (TPSA) is 83.1 Å². The molecular formula is C18H24N4O4. The van der Waals surface area contributed by atoms with Gasteiger partial charge in [-0.1, -0.05) is 6.07 Å². The first-order valence-corrected chi connectivity index (χ1v) is 8.98. The molecule has 3 rings (SSSR count). The first-order valence-electron chi connectivity index (χ1n) is 8.98. The van der Waals surface area contributed by atoms with Crippen LogP contribution in [0.5, 0.6) is 0 Å². The molecule has 3 heterocycles. The Morgan fingerprint density at radius 2 is 1.42 bits per heavy atom. The third-order valence-electron chi connectivity index (χ3n) is 4.83. The van der Waals surface area contributed by atoms with Crippen molar-refractivity contribution >= 4 is 17.9 Å². The van der Waals surface area contributed by atoms with Gasteiger partial charge in [-0.15, -0.1) is 0 Å². The van der Waals surface area contributed by atoms with Crippen molar-refractivity contribution in [3.63, 3.8) is 0 Å². The maximum atomic E-state index is 12.6. The van der Waals surface area contributed by atoms with E-state index in [1.165, 1.54) is 19.6 Å². The molecular weight excluding hydrogens is 336 g/mol. The van der Waals surface area contributed by atoms with Gasteiger partial charge in [0.1, 0.15) is 11.4 Å². The summed E-state index contributed by atoms with van der Waals surface area (Å²) in [6, 6.07) is 4.78. The maximum Gasteiger partial charge on any atom is 0.356 e. The number of pyridine rings is 1. The number of esters is 1. The molecule has 2 saturated heterocycles. The van der Waals surface area contributed by atoms with Crippen molar-refractivity contribution in [1.29, 1.82) is 0 Å². The average Bonchev–Trinajstić information content (AvgIpc) is 2.73. The van der Waals surface area contributed by atoms with E-state index in [4.69, 9.17) is 0 Å². The number of rotatable bonds is 2. The van der Waals surface area contributed by atoms with Crippen LogP contribution in [0.25, 0.3) is 0 Å². The minimum atomic E-state index is -0.573. The van der Waals surface area contributed by atoms with Gasteiger partial charge >= 0.3 is 12.0 Å². The van der Waals surface area contributed by atoms with Crippen molar-refractivity contribution in [2.75, 3.05) is 46.4 Å². The number of likely N-dealkylation sites (tertiary alicyclic amines) is 1. The largest absolute Gasteiger partial charge is 0.464 e. The smallest absolute Gasteiger partial charge is 0.356 e. The molecule has 1 aromatic heterocycles. The van der Waals surface area contributed by atoms with E-state index in [9.17, 15) is 14.4 Å². The summed E-state index contributed by atoms with van der Waals surface area (Å²) in [5.41, 5.74) is 0.320. The van der Waals surface area contributed by atoms with E-state index in [1.54, 1.807) is 17.0 Å². The highest BCUT2D eigenvalue weighted by molar-refractivity contribution is 5.94. The summed E-state index contributed by atoms with van der Waals surface area (Å²) in [4.78, 5) is 46.2. The summed E-state index contributed by atoms with van der Waals surface area (Å²) in [5, 5.41) is 0. The molecule has 0 N–H and O–H groups in total. The molecule has 0 spiro atoms. The fraction of sp³-hybridized carbons (Fsp3) is 0.556. The Morgan fingerprint density at radius 3 is 2.08 bits per heavy atom. The molecule has 140 valence electrons. The van der Waals surface area contributed by atoms with Gasteiger partial charge in [0.25, 0.3) is 5.91 Å². The molecule has 2 aliphatic heterocycles. The molecule has 0 bridgehead atoms. The Balaban J connectivity index is 1.58. The van der Waals surface area contributed by atoms with Gasteiger partial charge in [0, 0.05) is 39.3 Å². The highest BCUT2D eigenvalue weighted by atomic mass is 16.5. The predicted molar refractivity (Wildman–Crippen MR) is 93.9 cm³/mol. The molecule has 8 nitrogen and oxygen atoms in total. The number of amides is 3. The Bertz CT molecular complexity index is 680. The van der Waals surface area contributed by atoms with Crippen molar-refractivity contribution in [3.05, 3.63) is 29.6 Å². The molecule has 26 heavy (non-hydrogen) atoms. The molecule has 3 amide bonds. The zero-order valence-electron chi connectivity index (χ0n) is 15.0. The zero-order chi connectivity index (χ0) is 18.5. The molecule has 0 atom stereocenters. The third kappa shape index (κ3) is 3.95. The number of methoxy groups -OCH3 is 1. The summed E-state index contributed by atoms with van der Waals surface area (Å²) < 4.78 is 4.64. The van der Waals surface area contributed by atoms with Crippen molar-refractivity contribution < 1.29 is 19.1 Å². The minimum Gasteiger partial charge on any atom is -0.464 e. The lowest BCUT2D eigenvalue weighted by Gasteiger charge is -2.38. The maximum absolute atomic E-state index is 12.6. The van der Waals surface area contributed by atoms with E-state index >= 15 is 0 Å². The van der Waals surface area contributed by atoms with Crippen LogP contribution < -0.4 is 0 Å². The monoisotopic (exact) mass is 360 g/mol. The first-order chi connectivity index (χ1) is 12.6. The van der Waals surface area contributed by atoms with Crippen molar-refractivity contribution in [3.8, 4) is 0 Å². The fourth-order valence-electron chi connectivity index (χ4n) is 3.32. The van der Waals surface area contributed by atoms with Gasteiger partial charge < -0.3 is 19.4 Å². The number of nitrogens with zero attached hydrogens (tertiary/aromatic N) is 4. The quantitative estimate of drug-likeness (QED) is 0.741. The van der Waals surface area contributed by atoms with Crippen LogP contribution in [0.3, 0.4) is 0 Å². The summed E-state index contributed by atoms with van der Waals surface area (Å²) >= 11 is 0. The van der Waals surface area contributed by atoms with Crippen LogP contribution in [0, 0.1) is 0 Å². The van der Waals surface area contributed by atoms with Crippen LogP contribution in [-0.4, -0.2) is 84.0 Å². The van der Waals surface area contributed by atoms with E-state index in [1.807, 2.05) is 9.80 Å². The Morgan fingerprint density at radius 1 is 0.846 bits per heavy atom. The number of aromatic nitrogens is 1. The fourth-order valence-corrected chi connectivity index (χ4v) is 3.32. The van der Waals surface area contributed by atoms with Crippen molar-refractivity contribution in [2.45, 2.75) is 19.3 Å². The van der Waals surface area contributed by atoms with Crippen molar-refractivity contribution in [2.24, 2.45) is 0 Å². The molecule has 2 fully saturated rings. The number of hydrogen-bond donors (Lipinski definition) is 0. The van der Waals surface area contributed by atoms with Crippen LogP contribution in [0.15, 0.2) is 18.2 Å². The molecule has 8 heteroatoms. The second kappa shape index (κ2) is 8.16. The lowest BCUT2D eigenvalue weighted by molar-refractivity contribution is 0.0591. The lowest BCUT2D eigenvalue weighted by Crippen LogP contribution is -2.54. The van der Waals surface area contributed by atoms with Gasteiger partial charge in [0.2, 0.25) is 0 Å². The normalized spacial score (nSPS) is 17.8. The van der Waals surface area contributed by atoms with E-state index in [0.717, 1.165) is 25.9 Å². The molecule has 2 aliphatic rings. The Kier molecular flexibility index (Phi) is 5.70. The summed E-state index contributed by atoms with van der Waals surface area (Å²) in [5.74, 6) is -0.808. The highest BCUT2D eigenvalue weighted by Gasteiger charge is 2.28. The standard InChI is InChI=1S/C18H24N4O4/c1-26-17(24)15-7-5-6-14(19-15)16(23)20-10-12-22(13-11-20)18(25)21-8-3-2-4-9-21/h5-7H,2-4,8-13H2,1H3. The van der Waals surface area contributed by atoms with Gasteiger partial charge in [-0.2, -0.15) is 0 Å². The zero-order valence-corrected chi connectivity index (χ0v) is 15.0. The van der Waals surface area contributed by atoms with E-state index < -0.39 is 5.97 Å². The molecule has 0 aliphatic carbocycles. The Hall–Kier alpha value is -2.64. The van der Waals surface area contributed by atoms with E-state index in [2.05, 4.69) is 9.72 Å². The number of piperidine rings is 1. The molecule has 1 aromatic rings. The number of urea groups is 1. The SMILES string of the molecule is COC(=O)c1cccc(C(=O)N2CCN(C(=O)N3CCCCC3)CC2)n1. The van der Waals surface area contributed by atoms with Gasteiger partial charge in [0.15, 0.2) is 0 Å². The van der Waals surface area contributed by atoms with Crippen LogP contribution in [0.4, 0.5) is 4.79 Å². The van der Waals surface area contributed by atoms with Gasteiger partial charge in [-0.25, -0.2) is 14.6 Å². The second-order valence-corrected chi connectivity index (χ2v) is 6.51.